The molecule has 0 saturated carbocycles. The van der Waals surface area contributed by atoms with E-state index in [1.54, 1.807) is 11.8 Å². The molecule has 9 heteroatoms. The van der Waals surface area contributed by atoms with Gasteiger partial charge in [0.2, 0.25) is 0 Å². The Morgan fingerprint density at radius 1 is 0.912 bits per heavy atom. The highest BCUT2D eigenvalue weighted by atomic mass is 35.5. The van der Waals surface area contributed by atoms with Gasteiger partial charge in [-0.05, 0) is 41.3 Å². The van der Waals surface area contributed by atoms with Crippen LogP contribution >= 0.6 is 46.5 Å². The number of rotatable bonds is 9. The van der Waals surface area contributed by atoms with Gasteiger partial charge in [0.1, 0.15) is 0 Å². The maximum Gasteiger partial charge on any atom is 0.250 e. The zero-order valence-corrected chi connectivity index (χ0v) is 21.5. The molecular weight excluding hydrogens is 504 g/mol. The molecule has 0 spiro atoms. The first-order chi connectivity index (χ1) is 16.6. The zero-order valence-electron chi connectivity index (χ0n) is 18.3. The standard InChI is InChI=1S/C25H21ClN4OS3/c1-17(19-9-11-21(12-10-19)20-5-3-2-4-6-20)27-28-23(31)16-33-25-30-29-24(34-25)32-15-18-7-13-22(26)14-8-18/h2-14H,15-16H2,1H3,(H,28,31). The molecule has 1 aromatic heterocycles. The van der Waals surface area contributed by atoms with E-state index in [1.807, 2.05) is 61.5 Å². The number of amides is 1. The molecule has 4 aromatic rings. The third kappa shape index (κ3) is 7.17. The van der Waals surface area contributed by atoms with Crippen molar-refractivity contribution in [2.24, 2.45) is 5.10 Å². The van der Waals surface area contributed by atoms with Crippen LogP contribution in [0, 0.1) is 0 Å². The molecule has 0 fully saturated rings. The lowest BCUT2D eigenvalue weighted by Gasteiger charge is -2.05. The lowest BCUT2D eigenvalue weighted by atomic mass is 10.0. The molecule has 5 nitrogen and oxygen atoms in total. The van der Waals surface area contributed by atoms with Gasteiger partial charge in [-0.25, -0.2) is 5.43 Å². The number of nitrogens with zero attached hydrogens (tertiary/aromatic N) is 3. The Morgan fingerprint density at radius 2 is 1.56 bits per heavy atom. The summed E-state index contributed by atoms with van der Waals surface area (Å²) < 4.78 is 1.62. The van der Waals surface area contributed by atoms with Crippen molar-refractivity contribution in [1.82, 2.24) is 15.6 Å². The first-order valence-electron chi connectivity index (χ1n) is 10.4. The third-order valence-electron chi connectivity index (χ3n) is 4.75. The number of hydrogen-bond acceptors (Lipinski definition) is 7. The molecule has 0 unspecified atom stereocenters. The summed E-state index contributed by atoms with van der Waals surface area (Å²) in [4.78, 5) is 12.2. The van der Waals surface area contributed by atoms with E-state index in [0.717, 1.165) is 41.9 Å². The molecule has 0 atom stereocenters. The van der Waals surface area contributed by atoms with Crippen molar-refractivity contribution in [2.75, 3.05) is 5.75 Å². The molecule has 0 bridgehead atoms. The molecule has 1 N–H and O–H groups in total. The first-order valence-corrected chi connectivity index (χ1v) is 13.6. The summed E-state index contributed by atoms with van der Waals surface area (Å²) in [6.07, 6.45) is 0. The molecule has 0 saturated heterocycles. The van der Waals surface area contributed by atoms with Crippen LogP contribution in [0.5, 0.6) is 0 Å². The first kappa shape index (κ1) is 24.5. The normalized spacial score (nSPS) is 11.4. The van der Waals surface area contributed by atoms with E-state index in [9.17, 15) is 4.79 Å². The van der Waals surface area contributed by atoms with Gasteiger partial charge in [0.05, 0.1) is 11.5 Å². The highest BCUT2D eigenvalue weighted by Gasteiger charge is 2.09. The quantitative estimate of drug-likeness (QED) is 0.148. The highest BCUT2D eigenvalue weighted by Crippen LogP contribution is 2.30. The number of benzene rings is 3. The largest absolute Gasteiger partial charge is 0.272 e. The summed E-state index contributed by atoms with van der Waals surface area (Å²) in [5, 5.41) is 13.3. The van der Waals surface area contributed by atoms with E-state index in [-0.39, 0.29) is 11.7 Å². The van der Waals surface area contributed by atoms with Gasteiger partial charge >= 0.3 is 0 Å². The van der Waals surface area contributed by atoms with Gasteiger partial charge in [-0.3, -0.25) is 4.79 Å². The average molecular weight is 525 g/mol. The number of nitrogens with one attached hydrogen (secondary N) is 1. The molecule has 4 rings (SSSR count). The molecule has 1 heterocycles. The van der Waals surface area contributed by atoms with Gasteiger partial charge in [0.15, 0.2) is 8.68 Å². The van der Waals surface area contributed by atoms with Crippen molar-refractivity contribution in [1.29, 1.82) is 0 Å². The fraction of sp³-hybridized carbons (Fsp3) is 0.120. The SMILES string of the molecule is CC(=NNC(=O)CSc1nnc(SCc2ccc(Cl)cc2)s1)c1ccc(-c2ccccc2)cc1. The van der Waals surface area contributed by atoms with Crippen LogP contribution in [-0.2, 0) is 10.5 Å². The predicted molar refractivity (Wildman–Crippen MR) is 144 cm³/mol. The monoisotopic (exact) mass is 524 g/mol. The minimum atomic E-state index is -0.184. The molecule has 3 aromatic carbocycles. The van der Waals surface area contributed by atoms with Gasteiger partial charge in [0, 0.05) is 10.8 Å². The van der Waals surface area contributed by atoms with Crippen molar-refractivity contribution < 1.29 is 4.79 Å². The topological polar surface area (TPSA) is 67.2 Å². The van der Waals surface area contributed by atoms with Crippen LogP contribution in [0.1, 0.15) is 18.1 Å². The van der Waals surface area contributed by atoms with Gasteiger partial charge in [0.25, 0.3) is 5.91 Å². The van der Waals surface area contributed by atoms with E-state index < -0.39 is 0 Å². The summed E-state index contributed by atoms with van der Waals surface area (Å²) >= 11 is 10.4. The number of carbonyl (C=O) groups is 1. The molecular formula is C25H21ClN4OS3. The van der Waals surface area contributed by atoms with E-state index >= 15 is 0 Å². The van der Waals surface area contributed by atoms with Crippen molar-refractivity contribution in [3.05, 3.63) is 95.0 Å². The van der Waals surface area contributed by atoms with Crippen molar-refractivity contribution in [2.45, 2.75) is 21.4 Å². The van der Waals surface area contributed by atoms with Gasteiger partial charge in [-0.2, -0.15) is 5.10 Å². The van der Waals surface area contributed by atoms with Crippen LogP contribution in [0.3, 0.4) is 0 Å². The number of hydrogen-bond donors (Lipinski definition) is 1. The molecule has 0 aliphatic heterocycles. The zero-order chi connectivity index (χ0) is 23.8. The second-order valence-corrected chi connectivity index (χ2v) is 11.1. The second kappa shape index (κ2) is 12.2. The van der Waals surface area contributed by atoms with Crippen molar-refractivity contribution in [3.8, 4) is 11.1 Å². The molecule has 0 aliphatic rings. The third-order valence-corrected chi connectivity index (χ3v) is 8.26. The molecule has 0 aliphatic carbocycles. The number of carbonyl (C=O) groups excluding carboxylic acids is 1. The van der Waals surface area contributed by atoms with Crippen molar-refractivity contribution in [3.63, 3.8) is 0 Å². The molecule has 0 radical (unpaired) electrons. The number of thioether (sulfide) groups is 2. The van der Waals surface area contributed by atoms with Crippen molar-refractivity contribution >= 4 is 58.1 Å². The van der Waals surface area contributed by atoms with E-state index in [0.29, 0.717) is 0 Å². The van der Waals surface area contributed by atoms with Crippen LogP contribution in [0.15, 0.2) is 92.6 Å². The van der Waals surface area contributed by atoms with Crippen LogP contribution in [0.2, 0.25) is 5.02 Å². The number of halogens is 1. The second-order valence-electron chi connectivity index (χ2n) is 7.21. The fourth-order valence-electron chi connectivity index (χ4n) is 2.94. The Hall–Kier alpha value is -2.65. The fourth-order valence-corrected chi connectivity index (χ4v) is 5.84. The number of hydrazone groups is 1. The summed E-state index contributed by atoms with van der Waals surface area (Å²) in [5.74, 6) is 0.827. The van der Waals surface area contributed by atoms with Crippen LogP contribution in [0.4, 0.5) is 0 Å². The smallest absolute Gasteiger partial charge is 0.250 e. The van der Waals surface area contributed by atoms with Crippen LogP contribution < -0.4 is 5.43 Å². The van der Waals surface area contributed by atoms with Crippen LogP contribution in [0.25, 0.3) is 11.1 Å². The van der Waals surface area contributed by atoms with E-state index in [1.165, 1.54) is 28.7 Å². The Labute approximate surface area is 216 Å². The Kier molecular flexibility index (Phi) is 8.76. The van der Waals surface area contributed by atoms with Gasteiger partial charge in [-0.1, -0.05) is 113 Å². The maximum atomic E-state index is 12.2. The summed E-state index contributed by atoms with van der Waals surface area (Å²) in [6, 6.07) is 26.1. The highest BCUT2D eigenvalue weighted by molar-refractivity contribution is 8.03. The van der Waals surface area contributed by atoms with Gasteiger partial charge < -0.3 is 0 Å². The minimum absolute atomic E-state index is 0.184. The molecule has 172 valence electrons. The summed E-state index contributed by atoms with van der Waals surface area (Å²) in [6.45, 7) is 1.87. The number of aromatic nitrogens is 2. The summed E-state index contributed by atoms with van der Waals surface area (Å²) in [7, 11) is 0. The summed E-state index contributed by atoms with van der Waals surface area (Å²) in [5.41, 5.74) is 7.80. The van der Waals surface area contributed by atoms with E-state index in [4.69, 9.17) is 11.6 Å². The molecule has 1 amide bonds. The Bertz CT molecular complexity index is 1260. The van der Waals surface area contributed by atoms with E-state index in [2.05, 4.69) is 45.0 Å². The van der Waals surface area contributed by atoms with Gasteiger partial charge in [-0.15, -0.1) is 10.2 Å². The Morgan fingerprint density at radius 3 is 2.26 bits per heavy atom. The lowest BCUT2D eigenvalue weighted by Crippen LogP contribution is -2.21. The predicted octanol–water partition coefficient (Wildman–Crippen LogP) is 6.78. The average Bonchev–Trinajstić information content (AvgIpc) is 3.34. The lowest BCUT2D eigenvalue weighted by molar-refractivity contribution is -0.118. The Balaban J connectivity index is 1.23. The molecule has 34 heavy (non-hydrogen) atoms. The minimum Gasteiger partial charge on any atom is -0.272 e. The maximum absolute atomic E-state index is 12.2. The van der Waals surface area contributed by atoms with Crippen LogP contribution in [-0.4, -0.2) is 27.6 Å².